The van der Waals surface area contributed by atoms with Crippen molar-refractivity contribution in [3.63, 3.8) is 0 Å². The van der Waals surface area contributed by atoms with Crippen LogP contribution < -0.4 is 0 Å². The second-order valence-corrected chi connectivity index (χ2v) is 4.23. The molecule has 2 heteroatoms. The lowest BCUT2D eigenvalue weighted by Gasteiger charge is -1.97. The molecule has 0 amide bonds. The zero-order valence-electron chi connectivity index (χ0n) is 8.53. The second-order valence-electron chi connectivity index (χ2n) is 3.42. The molecule has 2 rings (SSSR count). The van der Waals surface area contributed by atoms with E-state index in [-0.39, 0.29) is 0 Å². The van der Waals surface area contributed by atoms with Crippen molar-refractivity contribution in [2.24, 2.45) is 0 Å². The summed E-state index contributed by atoms with van der Waals surface area (Å²) in [6, 6.07) is 15.7. The Morgan fingerprint density at radius 3 is 2.06 bits per heavy atom. The first-order chi connectivity index (χ1) is 7.75. The number of hydrogen-bond acceptors (Lipinski definition) is 0. The molecule has 0 radical (unpaired) electrons. The molecule has 0 saturated heterocycles. The van der Waals surface area contributed by atoms with Crippen molar-refractivity contribution in [3.05, 3.63) is 69.7 Å². The quantitative estimate of drug-likeness (QED) is 0.644. The minimum atomic E-state index is 0.580. The average molecular weight is 249 g/mol. The van der Waals surface area contributed by atoms with Gasteiger partial charge in [-0.1, -0.05) is 71.8 Å². The number of halogens is 2. The molecule has 0 fully saturated rings. The molecule has 0 atom stereocenters. The van der Waals surface area contributed by atoms with E-state index < -0.39 is 0 Å². The highest BCUT2D eigenvalue weighted by Gasteiger charge is 1.96. The standard InChI is InChI=1S/C14H10Cl2/c15-13-9-8-12(10-14(13)16)7-6-11-4-2-1-3-5-11/h1-10H. The highest BCUT2D eigenvalue weighted by Crippen LogP contribution is 2.23. The van der Waals surface area contributed by atoms with Crippen molar-refractivity contribution in [2.75, 3.05) is 0 Å². The minimum absolute atomic E-state index is 0.580. The van der Waals surface area contributed by atoms with Gasteiger partial charge in [0.05, 0.1) is 10.0 Å². The van der Waals surface area contributed by atoms with Gasteiger partial charge in [-0.2, -0.15) is 0 Å². The van der Waals surface area contributed by atoms with E-state index in [0.29, 0.717) is 10.0 Å². The van der Waals surface area contributed by atoms with Crippen LogP contribution in [0.3, 0.4) is 0 Å². The Hall–Kier alpha value is -1.24. The van der Waals surface area contributed by atoms with Crippen molar-refractivity contribution in [3.8, 4) is 0 Å². The van der Waals surface area contributed by atoms with Gasteiger partial charge in [-0.05, 0) is 23.3 Å². The Morgan fingerprint density at radius 2 is 1.38 bits per heavy atom. The van der Waals surface area contributed by atoms with Crippen LogP contribution in [0.2, 0.25) is 10.0 Å². The molecule has 0 aliphatic heterocycles. The van der Waals surface area contributed by atoms with E-state index in [1.807, 2.05) is 54.6 Å². The lowest BCUT2D eigenvalue weighted by atomic mass is 10.1. The zero-order valence-corrected chi connectivity index (χ0v) is 10.0. The molecule has 0 nitrogen and oxygen atoms in total. The van der Waals surface area contributed by atoms with Gasteiger partial charge in [-0.3, -0.25) is 0 Å². The maximum absolute atomic E-state index is 5.93. The van der Waals surface area contributed by atoms with E-state index in [1.54, 1.807) is 6.07 Å². The third-order valence-corrected chi connectivity index (χ3v) is 2.95. The summed E-state index contributed by atoms with van der Waals surface area (Å²) in [4.78, 5) is 0. The Morgan fingerprint density at radius 1 is 0.688 bits per heavy atom. The first kappa shape index (κ1) is 11.3. The maximum Gasteiger partial charge on any atom is 0.0598 e. The highest BCUT2D eigenvalue weighted by atomic mass is 35.5. The Bertz CT molecular complexity index is 501. The van der Waals surface area contributed by atoms with Gasteiger partial charge in [0.2, 0.25) is 0 Å². The van der Waals surface area contributed by atoms with Crippen molar-refractivity contribution in [1.29, 1.82) is 0 Å². The minimum Gasteiger partial charge on any atom is -0.0827 e. The van der Waals surface area contributed by atoms with Gasteiger partial charge in [-0.15, -0.1) is 0 Å². The van der Waals surface area contributed by atoms with Gasteiger partial charge in [-0.25, -0.2) is 0 Å². The molecular weight excluding hydrogens is 239 g/mol. The fourth-order valence-electron chi connectivity index (χ4n) is 1.37. The Kier molecular flexibility index (Phi) is 3.66. The molecule has 16 heavy (non-hydrogen) atoms. The average Bonchev–Trinajstić information content (AvgIpc) is 2.32. The van der Waals surface area contributed by atoms with Crippen molar-refractivity contribution < 1.29 is 0 Å². The molecule has 80 valence electrons. The van der Waals surface area contributed by atoms with Crippen LogP contribution in [0.5, 0.6) is 0 Å². The summed E-state index contributed by atoms with van der Waals surface area (Å²) in [6.07, 6.45) is 4.05. The Balaban J connectivity index is 2.21. The predicted molar refractivity (Wildman–Crippen MR) is 71.8 cm³/mol. The van der Waals surface area contributed by atoms with Crippen molar-refractivity contribution >= 4 is 35.4 Å². The zero-order chi connectivity index (χ0) is 11.4. The first-order valence-corrected chi connectivity index (χ1v) is 5.69. The Labute approximate surface area is 105 Å². The maximum atomic E-state index is 5.93. The SMILES string of the molecule is Clc1ccc(C=Cc2ccccc2)cc1Cl. The van der Waals surface area contributed by atoms with Crippen LogP contribution >= 0.6 is 23.2 Å². The molecule has 0 spiro atoms. The molecule has 2 aromatic carbocycles. The molecule has 0 N–H and O–H groups in total. The fraction of sp³-hybridized carbons (Fsp3) is 0. The van der Waals surface area contributed by atoms with Crippen LogP contribution in [0.1, 0.15) is 11.1 Å². The van der Waals surface area contributed by atoms with Crippen LogP contribution in [-0.2, 0) is 0 Å². The summed E-state index contributed by atoms with van der Waals surface area (Å²) in [5.74, 6) is 0. The van der Waals surface area contributed by atoms with Crippen LogP contribution in [0.4, 0.5) is 0 Å². The summed E-state index contributed by atoms with van der Waals surface area (Å²) in [5, 5.41) is 1.16. The summed E-state index contributed by atoms with van der Waals surface area (Å²) in [6.45, 7) is 0. The monoisotopic (exact) mass is 248 g/mol. The van der Waals surface area contributed by atoms with E-state index in [9.17, 15) is 0 Å². The number of rotatable bonds is 2. The van der Waals surface area contributed by atoms with E-state index in [2.05, 4.69) is 0 Å². The van der Waals surface area contributed by atoms with E-state index in [4.69, 9.17) is 23.2 Å². The summed E-state index contributed by atoms with van der Waals surface area (Å²) < 4.78 is 0. The predicted octanol–water partition coefficient (Wildman–Crippen LogP) is 5.16. The number of benzene rings is 2. The summed E-state index contributed by atoms with van der Waals surface area (Å²) in [7, 11) is 0. The lowest BCUT2D eigenvalue weighted by Crippen LogP contribution is -1.74. The highest BCUT2D eigenvalue weighted by molar-refractivity contribution is 6.42. The lowest BCUT2D eigenvalue weighted by molar-refractivity contribution is 1.64. The molecule has 0 aliphatic rings. The molecular formula is C14H10Cl2. The van der Waals surface area contributed by atoms with E-state index in [0.717, 1.165) is 11.1 Å². The topological polar surface area (TPSA) is 0 Å². The van der Waals surface area contributed by atoms with Crippen molar-refractivity contribution in [2.45, 2.75) is 0 Å². The van der Waals surface area contributed by atoms with Gasteiger partial charge < -0.3 is 0 Å². The molecule has 0 aromatic heterocycles. The van der Waals surface area contributed by atoms with Crippen LogP contribution in [0.15, 0.2) is 48.5 Å². The smallest absolute Gasteiger partial charge is 0.0598 e. The largest absolute Gasteiger partial charge is 0.0827 e. The van der Waals surface area contributed by atoms with Gasteiger partial charge in [0.25, 0.3) is 0 Å². The second kappa shape index (κ2) is 5.20. The van der Waals surface area contributed by atoms with Crippen LogP contribution in [-0.4, -0.2) is 0 Å². The van der Waals surface area contributed by atoms with Gasteiger partial charge in [0.1, 0.15) is 0 Å². The molecule has 0 unspecified atom stereocenters. The fourth-order valence-corrected chi connectivity index (χ4v) is 1.68. The summed E-state index contributed by atoms with van der Waals surface area (Å²) >= 11 is 11.8. The van der Waals surface area contributed by atoms with Crippen molar-refractivity contribution in [1.82, 2.24) is 0 Å². The molecule has 0 saturated carbocycles. The van der Waals surface area contributed by atoms with Crippen LogP contribution in [0, 0.1) is 0 Å². The first-order valence-electron chi connectivity index (χ1n) is 4.94. The van der Waals surface area contributed by atoms with Crippen LogP contribution in [0.25, 0.3) is 12.2 Å². The van der Waals surface area contributed by atoms with E-state index >= 15 is 0 Å². The van der Waals surface area contributed by atoms with Gasteiger partial charge in [0, 0.05) is 0 Å². The molecule has 2 aromatic rings. The molecule has 0 bridgehead atoms. The van der Waals surface area contributed by atoms with Gasteiger partial charge in [0.15, 0.2) is 0 Å². The third-order valence-electron chi connectivity index (χ3n) is 2.21. The third kappa shape index (κ3) is 2.88. The molecule has 0 aliphatic carbocycles. The summed E-state index contributed by atoms with van der Waals surface area (Å²) in [5.41, 5.74) is 2.20. The molecule has 0 heterocycles. The van der Waals surface area contributed by atoms with Gasteiger partial charge >= 0.3 is 0 Å². The normalized spacial score (nSPS) is 10.9. The van der Waals surface area contributed by atoms with E-state index in [1.165, 1.54) is 0 Å². The number of hydrogen-bond donors (Lipinski definition) is 0.